The predicted octanol–water partition coefficient (Wildman–Crippen LogP) is 5.05. The van der Waals surface area contributed by atoms with Gasteiger partial charge in [0.15, 0.2) is 0 Å². The Labute approximate surface area is 197 Å². The van der Waals surface area contributed by atoms with Crippen LogP contribution >= 0.6 is 11.3 Å². The normalized spacial score (nSPS) is 11.2. The van der Waals surface area contributed by atoms with E-state index in [9.17, 15) is 10.1 Å². The number of hydrogen-bond acceptors (Lipinski definition) is 7. The van der Waals surface area contributed by atoms with Crippen molar-refractivity contribution in [2.24, 2.45) is 5.92 Å². The second kappa shape index (κ2) is 11.8. The van der Waals surface area contributed by atoms with Gasteiger partial charge in [-0.25, -0.2) is 0 Å². The van der Waals surface area contributed by atoms with Crippen molar-refractivity contribution in [3.8, 4) is 17.6 Å². The fraction of sp³-hybridized carbons (Fsp3) is 0.280. The van der Waals surface area contributed by atoms with E-state index in [1.165, 1.54) is 23.0 Å². The minimum Gasteiger partial charge on any atom is -0.490 e. The molecule has 1 heterocycles. The van der Waals surface area contributed by atoms with Gasteiger partial charge >= 0.3 is 0 Å². The summed E-state index contributed by atoms with van der Waals surface area (Å²) >= 11 is 1.32. The Hall–Kier alpha value is -3.70. The van der Waals surface area contributed by atoms with Crippen LogP contribution in [0.4, 0.5) is 5.13 Å². The van der Waals surface area contributed by atoms with E-state index < -0.39 is 5.91 Å². The van der Waals surface area contributed by atoms with Crippen LogP contribution in [0.3, 0.4) is 0 Å². The molecule has 7 nitrogen and oxygen atoms in total. The lowest BCUT2D eigenvalue weighted by Gasteiger charge is -2.09. The van der Waals surface area contributed by atoms with Gasteiger partial charge in [0.2, 0.25) is 5.13 Å². The molecule has 2 aromatic carbocycles. The lowest BCUT2D eigenvalue weighted by molar-refractivity contribution is -0.112. The molecule has 0 aliphatic carbocycles. The van der Waals surface area contributed by atoms with E-state index in [1.807, 2.05) is 37.3 Å². The summed E-state index contributed by atoms with van der Waals surface area (Å²) in [5.41, 5.74) is 1.87. The lowest BCUT2D eigenvalue weighted by Crippen LogP contribution is -2.13. The maximum atomic E-state index is 12.5. The number of nitrogens with one attached hydrogen (secondary N) is 1. The Morgan fingerprint density at radius 2 is 1.67 bits per heavy atom. The van der Waals surface area contributed by atoms with Gasteiger partial charge in [-0.3, -0.25) is 10.1 Å². The third-order valence-electron chi connectivity index (χ3n) is 4.47. The molecule has 0 spiro atoms. The zero-order valence-electron chi connectivity index (χ0n) is 18.9. The van der Waals surface area contributed by atoms with Crippen molar-refractivity contribution in [1.82, 2.24) is 10.2 Å². The van der Waals surface area contributed by atoms with Crippen LogP contribution in [0, 0.1) is 24.2 Å². The van der Waals surface area contributed by atoms with Gasteiger partial charge in [0.25, 0.3) is 5.91 Å². The Bertz CT molecular complexity index is 1130. The van der Waals surface area contributed by atoms with Crippen LogP contribution in [0.25, 0.3) is 6.08 Å². The summed E-state index contributed by atoms with van der Waals surface area (Å²) in [6.45, 7) is 7.03. The molecule has 0 aliphatic rings. The average molecular weight is 463 g/mol. The highest BCUT2D eigenvalue weighted by molar-refractivity contribution is 7.15. The van der Waals surface area contributed by atoms with E-state index in [0.717, 1.165) is 17.2 Å². The number of carbonyl (C=O) groups excluding carboxylic acids is 1. The van der Waals surface area contributed by atoms with Gasteiger partial charge < -0.3 is 9.47 Å². The number of anilines is 1. The van der Waals surface area contributed by atoms with Crippen molar-refractivity contribution in [1.29, 1.82) is 5.26 Å². The first-order chi connectivity index (χ1) is 15.9. The molecule has 0 unspecified atom stereocenters. The van der Waals surface area contributed by atoms with Crippen LogP contribution in [0.15, 0.2) is 54.1 Å². The summed E-state index contributed by atoms with van der Waals surface area (Å²) in [5, 5.41) is 21.3. The van der Waals surface area contributed by atoms with Gasteiger partial charge in [0.05, 0.1) is 0 Å². The summed E-state index contributed by atoms with van der Waals surface area (Å²) in [4.78, 5) is 12.5. The first kappa shape index (κ1) is 24.0. The molecule has 33 heavy (non-hydrogen) atoms. The largest absolute Gasteiger partial charge is 0.490 e. The maximum absolute atomic E-state index is 12.5. The molecular formula is C25H26N4O3S. The molecule has 0 aliphatic heterocycles. The number of rotatable bonds is 10. The summed E-state index contributed by atoms with van der Waals surface area (Å²) in [5.74, 6) is 1.41. The number of hydrogen-bond donors (Lipinski definition) is 1. The fourth-order valence-corrected chi connectivity index (χ4v) is 3.78. The van der Waals surface area contributed by atoms with Crippen molar-refractivity contribution >= 4 is 28.5 Å². The summed E-state index contributed by atoms with van der Waals surface area (Å²) in [7, 11) is 0. The topological polar surface area (TPSA) is 97.1 Å². The highest BCUT2D eigenvalue weighted by atomic mass is 32.1. The zero-order valence-corrected chi connectivity index (χ0v) is 19.7. The van der Waals surface area contributed by atoms with E-state index in [1.54, 1.807) is 24.3 Å². The van der Waals surface area contributed by atoms with Crippen LogP contribution in [0.5, 0.6) is 11.5 Å². The number of aromatic nitrogens is 2. The summed E-state index contributed by atoms with van der Waals surface area (Å²) in [6.07, 6.45) is 2.32. The molecule has 170 valence electrons. The predicted molar refractivity (Wildman–Crippen MR) is 129 cm³/mol. The minimum absolute atomic E-state index is 0.0178. The van der Waals surface area contributed by atoms with Gasteiger partial charge in [0.1, 0.15) is 41.4 Å². The third kappa shape index (κ3) is 7.74. The zero-order chi connectivity index (χ0) is 23.6. The third-order valence-corrected chi connectivity index (χ3v) is 5.33. The van der Waals surface area contributed by atoms with Crippen molar-refractivity contribution in [2.45, 2.75) is 27.2 Å². The van der Waals surface area contributed by atoms with Gasteiger partial charge in [0, 0.05) is 6.42 Å². The first-order valence-corrected chi connectivity index (χ1v) is 11.4. The van der Waals surface area contributed by atoms with Gasteiger partial charge in [-0.1, -0.05) is 55.0 Å². The van der Waals surface area contributed by atoms with Crippen molar-refractivity contribution in [3.63, 3.8) is 0 Å². The second-order valence-electron chi connectivity index (χ2n) is 7.80. The minimum atomic E-state index is -0.515. The molecule has 0 bridgehead atoms. The van der Waals surface area contributed by atoms with Gasteiger partial charge in [-0.15, -0.1) is 10.2 Å². The molecule has 8 heteroatoms. The molecular weight excluding hydrogens is 436 g/mol. The number of nitrogens with zero attached hydrogens (tertiary/aromatic N) is 3. The van der Waals surface area contributed by atoms with E-state index in [0.29, 0.717) is 35.6 Å². The van der Waals surface area contributed by atoms with Crippen LogP contribution in [0.1, 0.15) is 30.0 Å². The number of ether oxygens (including phenoxy) is 2. The quantitative estimate of drug-likeness (QED) is 0.257. The molecule has 0 radical (unpaired) electrons. The van der Waals surface area contributed by atoms with E-state index >= 15 is 0 Å². The molecule has 1 N–H and O–H groups in total. The molecule has 0 saturated carbocycles. The van der Waals surface area contributed by atoms with Crippen LogP contribution in [0.2, 0.25) is 0 Å². The number of nitriles is 1. The number of carbonyl (C=O) groups is 1. The molecule has 0 saturated heterocycles. The van der Waals surface area contributed by atoms with Gasteiger partial charge in [-0.2, -0.15) is 5.26 Å². The van der Waals surface area contributed by atoms with Crippen molar-refractivity contribution in [3.05, 3.63) is 70.2 Å². The molecule has 1 amide bonds. The monoisotopic (exact) mass is 462 g/mol. The summed E-state index contributed by atoms with van der Waals surface area (Å²) < 4.78 is 11.3. The standard InChI is InChI=1S/C25H26N4O3S/c1-17(2)14-23-28-29-25(33-23)27-24(30)20(16-26)15-19-6-10-22(11-7-19)32-13-12-31-21-8-4-18(3)5-9-21/h4-11,15,17H,12-14H2,1-3H3,(H,27,29,30)/b20-15-. The van der Waals surface area contributed by atoms with E-state index in [4.69, 9.17) is 9.47 Å². The highest BCUT2D eigenvalue weighted by Crippen LogP contribution is 2.20. The molecule has 3 rings (SSSR count). The van der Waals surface area contributed by atoms with Gasteiger partial charge in [-0.05, 0) is 48.7 Å². The Balaban J connectivity index is 1.51. The summed E-state index contributed by atoms with van der Waals surface area (Å²) in [6, 6.07) is 16.9. The van der Waals surface area contributed by atoms with Crippen LogP contribution in [-0.4, -0.2) is 29.3 Å². The van der Waals surface area contributed by atoms with Crippen LogP contribution < -0.4 is 14.8 Å². The average Bonchev–Trinajstić information content (AvgIpc) is 3.23. The van der Waals surface area contributed by atoms with Crippen molar-refractivity contribution in [2.75, 3.05) is 18.5 Å². The fourth-order valence-electron chi connectivity index (χ4n) is 2.83. The molecule has 3 aromatic rings. The Kier molecular flexibility index (Phi) is 8.56. The van der Waals surface area contributed by atoms with Crippen LogP contribution in [-0.2, 0) is 11.2 Å². The number of amides is 1. The first-order valence-electron chi connectivity index (χ1n) is 10.6. The number of aryl methyl sites for hydroxylation is 1. The maximum Gasteiger partial charge on any atom is 0.268 e. The molecule has 0 atom stereocenters. The molecule has 0 fully saturated rings. The lowest BCUT2D eigenvalue weighted by atomic mass is 10.1. The Morgan fingerprint density at radius 1 is 1.06 bits per heavy atom. The smallest absolute Gasteiger partial charge is 0.268 e. The van der Waals surface area contributed by atoms with E-state index in [-0.39, 0.29) is 5.57 Å². The van der Waals surface area contributed by atoms with Crippen molar-refractivity contribution < 1.29 is 14.3 Å². The second-order valence-corrected chi connectivity index (χ2v) is 8.86. The number of benzene rings is 2. The molecule has 1 aromatic heterocycles. The highest BCUT2D eigenvalue weighted by Gasteiger charge is 2.13. The SMILES string of the molecule is Cc1ccc(OCCOc2ccc(/C=C(/C#N)C(=O)Nc3nnc(CC(C)C)s3)cc2)cc1. The Morgan fingerprint density at radius 3 is 2.24 bits per heavy atom. The van der Waals surface area contributed by atoms with E-state index in [2.05, 4.69) is 29.4 Å².